The average Bonchev–Trinajstić information content (AvgIpc) is 2.33. The highest BCUT2D eigenvalue weighted by atomic mass is 35.5. The van der Waals surface area contributed by atoms with Crippen molar-refractivity contribution in [3.63, 3.8) is 0 Å². The second kappa shape index (κ2) is 5.85. The van der Waals surface area contributed by atoms with Crippen molar-refractivity contribution in [1.82, 2.24) is 0 Å². The minimum atomic E-state index is -0.0513. The van der Waals surface area contributed by atoms with Gasteiger partial charge in [-0.3, -0.25) is 0 Å². The van der Waals surface area contributed by atoms with Gasteiger partial charge in [-0.2, -0.15) is 0 Å². The van der Waals surface area contributed by atoms with E-state index in [-0.39, 0.29) is 5.54 Å². The molecule has 0 heterocycles. The summed E-state index contributed by atoms with van der Waals surface area (Å²) in [6.45, 7) is 6.72. The Hall–Kier alpha value is -0.530. The molecule has 0 unspecified atom stereocenters. The number of hydrogen-bond acceptors (Lipinski definition) is 1. The Kier molecular flexibility index (Phi) is 4.58. The van der Waals surface area contributed by atoms with E-state index in [0.29, 0.717) is 0 Å². The Bertz CT molecular complexity index is 431. The van der Waals surface area contributed by atoms with Crippen LogP contribution in [0.3, 0.4) is 0 Å². The highest BCUT2D eigenvalue weighted by Gasteiger charge is 2.33. The maximum Gasteiger partial charge on any atom is 0.0441 e. The van der Waals surface area contributed by atoms with Crippen LogP contribution in [0.5, 0.6) is 0 Å². The van der Waals surface area contributed by atoms with Crippen LogP contribution in [0.4, 0.5) is 0 Å². The molecule has 106 valence electrons. The van der Waals surface area contributed by atoms with Gasteiger partial charge in [-0.15, -0.1) is 0 Å². The third-order valence-corrected chi connectivity index (χ3v) is 5.07. The number of aryl methyl sites for hydroxylation is 1. The molecule has 0 aromatic heterocycles. The molecule has 1 aliphatic carbocycles. The van der Waals surface area contributed by atoms with Gasteiger partial charge in [-0.1, -0.05) is 37.6 Å². The summed E-state index contributed by atoms with van der Waals surface area (Å²) in [6, 6.07) is 6.31. The monoisotopic (exact) mass is 279 g/mol. The first-order valence-electron chi connectivity index (χ1n) is 7.43. The van der Waals surface area contributed by atoms with Gasteiger partial charge in [0.1, 0.15) is 0 Å². The SMILES string of the molecule is Cc1ccc(CC2(N)CCC(C(C)C)CC2)c(Cl)c1. The van der Waals surface area contributed by atoms with Crippen LogP contribution in [0, 0.1) is 18.8 Å². The van der Waals surface area contributed by atoms with Crippen LogP contribution in [-0.2, 0) is 6.42 Å². The first-order valence-corrected chi connectivity index (χ1v) is 7.81. The van der Waals surface area contributed by atoms with Gasteiger partial charge in [0.15, 0.2) is 0 Å². The van der Waals surface area contributed by atoms with Crippen molar-refractivity contribution in [2.45, 2.75) is 58.4 Å². The van der Waals surface area contributed by atoms with E-state index < -0.39 is 0 Å². The number of hydrogen-bond donors (Lipinski definition) is 1. The third kappa shape index (κ3) is 3.73. The minimum Gasteiger partial charge on any atom is -0.325 e. The van der Waals surface area contributed by atoms with Gasteiger partial charge in [0.25, 0.3) is 0 Å². The minimum absolute atomic E-state index is 0.0513. The summed E-state index contributed by atoms with van der Waals surface area (Å²) in [6.07, 6.45) is 5.69. The van der Waals surface area contributed by atoms with E-state index in [2.05, 4.69) is 32.9 Å². The van der Waals surface area contributed by atoms with Gasteiger partial charge in [-0.05, 0) is 68.1 Å². The normalized spacial score (nSPS) is 27.8. The summed E-state index contributed by atoms with van der Waals surface area (Å²) < 4.78 is 0. The smallest absolute Gasteiger partial charge is 0.0441 e. The summed E-state index contributed by atoms with van der Waals surface area (Å²) >= 11 is 6.33. The lowest BCUT2D eigenvalue weighted by Gasteiger charge is -2.39. The van der Waals surface area contributed by atoms with Crippen molar-refractivity contribution in [1.29, 1.82) is 0 Å². The zero-order valence-corrected chi connectivity index (χ0v) is 13.1. The summed E-state index contributed by atoms with van der Waals surface area (Å²) in [7, 11) is 0. The van der Waals surface area contributed by atoms with E-state index in [1.165, 1.54) is 24.0 Å². The van der Waals surface area contributed by atoms with Crippen LogP contribution in [0.15, 0.2) is 18.2 Å². The Labute approximate surface area is 122 Å². The van der Waals surface area contributed by atoms with Crippen LogP contribution in [0.2, 0.25) is 5.02 Å². The quantitative estimate of drug-likeness (QED) is 0.850. The zero-order valence-electron chi connectivity index (χ0n) is 12.4. The van der Waals surface area contributed by atoms with Gasteiger partial charge in [0.2, 0.25) is 0 Å². The molecule has 1 aliphatic rings. The summed E-state index contributed by atoms with van der Waals surface area (Å²) in [4.78, 5) is 0. The zero-order chi connectivity index (χ0) is 14.0. The van der Waals surface area contributed by atoms with E-state index in [0.717, 1.165) is 36.1 Å². The number of nitrogens with two attached hydrogens (primary N) is 1. The predicted octanol–water partition coefficient (Wildman–Crippen LogP) is 4.73. The van der Waals surface area contributed by atoms with Crippen LogP contribution >= 0.6 is 11.6 Å². The maximum atomic E-state index is 6.60. The van der Waals surface area contributed by atoms with E-state index in [9.17, 15) is 0 Å². The Balaban J connectivity index is 2.03. The Morgan fingerprint density at radius 2 is 1.95 bits per heavy atom. The molecule has 0 amide bonds. The molecule has 0 radical (unpaired) electrons. The molecular formula is C17H26ClN. The lowest BCUT2D eigenvalue weighted by Crippen LogP contribution is -2.45. The lowest BCUT2D eigenvalue weighted by atomic mass is 9.71. The molecule has 1 aromatic carbocycles. The van der Waals surface area contributed by atoms with Gasteiger partial charge < -0.3 is 5.73 Å². The van der Waals surface area contributed by atoms with Crippen molar-refractivity contribution >= 4 is 11.6 Å². The highest BCUT2D eigenvalue weighted by Crippen LogP contribution is 2.37. The molecule has 1 nitrogen and oxygen atoms in total. The van der Waals surface area contributed by atoms with E-state index >= 15 is 0 Å². The topological polar surface area (TPSA) is 26.0 Å². The molecule has 0 bridgehead atoms. The van der Waals surface area contributed by atoms with E-state index in [1.807, 2.05) is 6.07 Å². The molecule has 1 aromatic rings. The van der Waals surface area contributed by atoms with E-state index in [4.69, 9.17) is 17.3 Å². The van der Waals surface area contributed by atoms with Crippen LogP contribution in [0.25, 0.3) is 0 Å². The predicted molar refractivity (Wildman–Crippen MR) is 83.6 cm³/mol. The van der Waals surface area contributed by atoms with Crippen LogP contribution in [0.1, 0.15) is 50.7 Å². The van der Waals surface area contributed by atoms with Crippen LogP contribution in [-0.4, -0.2) is 5.54 Å². The fraction of sp³-hybridized carbons (Fsp3) is 0.647. The summed E-state index contributed by atoms with van der Waals surface area (Å²) in [5, 5.41) is 0.871. The fourth-order valence-electron chi connectivity index (χ4n) is 3.23. The number of benzene rings is 1. The van der Waals surface area contributed by atoms with Crippen molar-refractivity contribution in [3.05, 3.63) is 34.3 Å². The standard InChI is InChI=1S/C17H26ClN/c1-12(2)14-6-8-17(19,9-7-14)11-15-5-4-13(3)10-16(15)18/h4-5,10,12,14H,6-9,11,19H2,1-3H3. The second-order valence-electron chi connectivity index (χ2n) is 6.72. The maximum absolute atomic E-state index is 6.60. The van der Waals surface area contributed by atoms with E-state index in [1.54, 1.807) is 0 Å². The average molecular weight is 280 g/mol. The van der Waals surface area contributed by atoms with Gasteiger partial charge in [-0.25, -0.2) is 0 Å². The first kappa shape index (κ1) is 14.9. The van der Waals surface area contributed by atoms with Crippen molar-refractivity contribution in [2.24, 2.45) is 17.6 Å². The molecule has 0 atom stereocenters. The largest absolute Gasteiger partial charge is 0.325 e. The second-order valence-corrected chi connectivity index (χ2v) is 7.12. The third-order valence-electron chi connectivity index (χ3n) is 4.72. The first-order chi connectivity index (χ1) is 8.89. The Morgan fingerprint density at radius 3 is 2.47 bits per heavy atom. The van der Waals surface area contributed by atoms with Crippen LogP contribution < -0.4 is 5.73 Å². The highest BCUT2D eigenvalue weighted by molar-refractivity contribution is 6.31. The molecule has 2 rings (SSSR count). The summed E-state index contributed by atoms with van der Waals surface area (Å²) in [5.41, 5.74) is 8.97. The number of rotatable bonds is 3. The molecular weight excluding hydrogens is 254 g/mol. The van der Waals surface area contributed by atoms with Crippen molar-refractivity contribution in [2.75, 3.05) is 0 Å². The van der Waals surface area contributed by atoms with Crippen molar-refractivity contribution < 1.29 is 0 Å². The lowest BCUT2D eigenvalue weighted by molar-refractivity contribution is 0.194. The molecule has 1 fully saturated rings. The molecule has 1 saturated carbocycles. The molecule has 2 heteroatoms. The number of halogens is 1. The van der Waals surface area contributed by atoms with Gasteiger partial charge in [0.05, 0.1) is 0 Å². The molecule has 0 spiro atoms. The molecule has 0 saturated heterocycles. The van der Waals surface area contributed by atoms with Crippen molar-refractivity contribution in [3.8, 4) is 0 Å². The molecule has 0 aliphatic heterocycles. The molecule has 2 N–H and O–H groups in total. The van der Waals surface area contributed by atoms with Gasteiger partial charge in [0, 0.05) is 10.6 Å². The van der Waals surface area contributed by atoms with Gasteiger partial charge >= 0.3 is 0 Å². The Morgan fingerprint density at radius 1 is 1.32 bits per heavy atom. The molecule has 19 heavy (non-hydrogen) atoms. The summed E-state index contributed by atoms with van der Waals surface area (Å²) in [5.74, 6) is 1.64. The fourth-order valence-corrected chi connectivity index (χ4v) is 3.54.